The lowest BCUT2D eigenvalue weighted by molar-refractivity contribution is -0.384. The number of nitro groups is 1. The van der Waals surface area contributed by atoms with Gasteiger partial charge in [-0.2, -0.15) is 0 Å². The summed E-state index contributed by atoms with van der Waals surface area (Å²) in [4.78, 5) is 34.7. The molecule has 0 aromatic heterocycles. The van der Waals surface area contributed by atoms with E-state index < -0.39 is 22.7 Å². The van der Waals surface area contributed by atoms with E-state index in [0.717, 1.165) is 10.0 Å². The lowest BCUT2D eigenvalue weighted by atomic mass is 9.78. The molecular formula is C19H18BrNO5. The quantitative estimate of drug-likeness (QED) is 0.377. The maximum atomic E-state index is 12.5. The molecule has 0 radical (unpaired) electrons. The van der Waals surface area contributed by atoms with E-state index in [1.165, 1.54) is 38.3 Å². The molecule has 0 bridgehead atoms. The van der Waals surface area contributed by atoms with Gasteiger partial charge in [0.15, 0.2) is 0 Å². The number of benzene rings is 2. The molecule has 0 aliphatic heterocycles. The molecule has 136 valence electrons. The van der Waals surface area contributed by atoms with Crippen molar-refractivity contribution in [3.05, 3.63) is 74.2 Å². The molecule has 2 aromatic carbocycles. The number of hydrogen-bond donors (Lipinski definition) is 0. The summed E-state index contributed by atoms with van der Waals surface area (Å²) in [5.74, 6) is -1.73. The first-order valence-electron chi connectivity index (χ1n) is 7.90. The summed E-state index contributed by atoms with van der Waals surface area (Å²) in [6.45, 7) is 1.47. The number of nitro benzene ring substituents is 1. The third-order valence-electron chi connectivity index (χ3n) is 4.13. The Morgan fingerprint density at radius 2 is 1.62 bits per heavy atom. The van der Waals surface area contributed by atoms with Crippen LogP contribution in [0.5, 0.6) is 0 Å². The monoisotopic (exact) mass is 419 g/mol. The van der Waals surface area contributed by atoms with E-state index in [1.807, 2.05) is 24.3 Å². The largest absolute Gasteiger partial charge is 0.469 e. The SMILES string of the molecule is COC(=O)C(c1ccc([N+](=O)[O-])cc1)C(CC(C)=O)c1ccc(Br)cc1. The molecule has 2 rings (SSSR count). The van der Waals surface area contributed by atoms with Gasteiger partial charge in [-0.1, -0.05) is 40.2 Å². The number of hydrogen-bond acceptors (Lipinski definition) is 5. The first kappa shape index (κ1) is 19.8. The molecule has 0 saturated heterocycles. The first-order chi connectivity index (χ1) is 12.3. The van der Waals surface area contributed by atoms with Crippen molar-refractivity contribution in [2.75, 3.05) is 7.11 Å². The standard InChI is InChI=1S/C19H18BrNO5/c1-12(22)11-17(13-3-7-15(20)8-4-13)18(19(23)26-2)14-5-9-16(10-6-14)21(24)25/h3-10,17-18H,11H2,1-2H3. The van der Waals surface area contributed by atoms with Gasteiger partial charge < -0.3 is 9.53 Å². The lowest BCUT2D eigenvalue weighted by Gasteiger charge is -2.25. The molecule has 0 spiro atoms. The zero-order valence-corrected chi connectivity index (χ0v) is 15.9. The molecule has 0 fully saturated rings. The predicted octanol–water partition coefficient (Wildman–Crippen LogP) is 4.38. The number of ketones is 1. The van der Waals surface area contributed by atoms with Gasteiger partial charge in [-0.05, 0) is 30.2 Å². The van der Waals surface area contributed by atoms with Gasteiger partial charge in [0.2, 0.25) is 0 Å². The Labute approximate surface area is 159 Å². The number of methoxy groups -OCH3 is 1. The van der Waals surface area contributed by atoms with E-state index in [4.69, 9.17) is 4.74 Å². The minimum Gasteiger partial charge on any atom is -0.469 e. The van der Waals surface area contributed by atoms with E-state index in [2.05, 4.69) is 15.9 Å². The summed E-state index contributed by atoms with van der Waals surface area (Å²) in [5.41, 5.74) is 1.32. The number of esters is 1. The molecule has 0 aliphatic carbocycles. The van der Waals surface area contributed by atoms with Crippen LogP contribution in [0.2, 0.25) is 0 Å². The van der Waals surface area contributed by atoms with Crippen molar-refractivity contribution in [1.82, 2.24) is 0 Å². The van der Waals surface area contributed by atoms with Crippen LogP contribution in [0.3, 0.4) is 0 Å². The van der Waals surface area contributed by atoms with Crippen LogP contribution in [0.25, 0.3) is 0 Å². The first-order valence-corrected chi connectivity index (χ1v) is 8.70. The maximum Gasteiger partial charge on any atom is 0.313 e. The van der Waals surface area contributed by atoms with Crippen molar-refractivity contribution in [2.24, 2.45) is 0 Å². The Hall–Kier alpha value is -2.54. The van der Waals surface area contributed by atoms with E-state index >= 15 is 0 Å². The van der Waals surface area contributed by atoms with Gasteiger partial charge in [0.25, 0.3) is 5.69 Å². The predicted molar refractivity (Wildman–Crippen MR) is 100 cm³/mol. The normalized spacial score (nSPS) is 12.9. The molecule has 0 heterocycles. The van der Waals surface area contributed by atoms with Crippen LogP contribution in [-0.2, 0) is 14.3 Å². The minimum atomic E-state index is -0.745. The second kappa shape index (κ2) is 8.71. The van der Waals surface area contributed by atoms with Crippen molar-refractivity contribution in [2.45, 2.75) is 25.2 Å². The summed E-state index contributed by atoms with van der Waals surface area (Å²) in [5, 5.41) is 10.9. The number of Topliss-reactive ketones (excluding diaryl/α,β-unsaturated/α-hetero) is 1. The van der Waals surface area contributed by atoms with Gasteiger partial charge >= 0.3 is 5.97 Å². The number of ether oxygens (including phenoxy) is 1. The zero-order chi connectivity index (χ0) is 19.3. The number of carbonyl (C=O) groups excluding carboxylic acids is 2. The molecule has 7 heteroatoms. The molecule has 2 aromatic rings. The third kappa shape index (κ3) is 4.76. The molecule has 2 unspecified atom stereocenters. The average Bonchev–Trinajstić information content (AvgIpc) is 2.61. The second-order valence-electron chi connectivity index (χ2n) is 5.91. The fourth-order valence-corrected chi connectivity index (χ4v) is 3.18. The topological polar surface area (TPSA) is 86.5 Å². The van der Waals surface area contributed by atoms with Crippen molar-refractivity contribution in [1.29, 1.82) is 0 Å². The number of carbonyl (C=O) groups is 2. The summed E-state index contributed by atoms with van der Waals surface area (Å²) < 4.78 is 5.84. The van der Waals surface area contributed by atoms with Gasteiger partial charge in [0.1, 0.15) is 5.78 Å². The van der Waals surface area contributed by atoms with Crippen molar-refractivity contribution < 1.29 is 19.2 Å². The van der Waals surface area contributed by atoms with Crippen LogP contribution >= 0.6 is 15.9 Å². The Morgan fingerprint density at radius 1 is 1.08 bits per heavy atom. The summed E-state index contributed by atoms with van der Waals surface area (Å²) in [6, 6.07) is 13.1. The van der Waals surface area contributed by atoms with Gasteiger partial charge in [-0.3, -0.25) is 14.9 Å². The van der Waals surface area contributed by atoms with E-state index in [9.17, 15) is 19.7 Å². The highest BCUT2D eigenvalue weighted by Gasteiger charge is 2.33. The Bertz CT molecular complexity index is 802. The average molecular weight is 420 g/mol. The summed E-state index contributed by atoms with van der Waals surface area (Å²) in [7, 11) is 1.28. The Balaban J connectivity index is 2.52. The lowest BCUT2D eigenvalue weighted by Crippen LogP contribution is -2.23. The van der Waals surface area contributed by atoms with Crippen molar-refractivity contribution in [3.8, 4) is 0 Å². The molecule has 6 nitrogen and oxygen atoms in total. The van der Waals surface area contributed by atoms with Crippen LogP contribution in [0, 0.1) is 10.1 Å². The van der Waals surface area contributed by atoms with Gasteiger partial charge in [0, 0.05) is 28.9 Å². The summed E-state index contributed by atoms with van der Waals surface area (Å²) >= 11 is 3.37. The molecule has 2 atom stereocenters. The van der Waals surface area contributed by atoms with Crippen LogP contribution < -0.4 is 0 Å². The molecule has 26 heavy (non-hydrogen) atoms. The van der Waals surface area contributed by atoms with Crippen LogP contribution in [0.1, 0.15) is 36.3 Å². The highest BCUT2D eigenvalue weighted by molar-refractivity contribution is 9.10. The highest BCUT2D eigenvalue weighted by atomic mass is 79.9. The molecular weight excluding hydrogens is 402 g/mol. The smallest absolute Gasteiger partial charge is 0.313 e. The van der Waals surface area contributed by atoms with Gasteiger partial charge in [-0.25, -0.2) is 0 Å². The zero-order valence-electron chi connectivity index (χ0n) is 14.3. The molecule has 0 saturated carbocycles. The van der Waals surface area contributed by atoms with Gasteiger partial charge in [0.05, 0.1) is 18.0 Å². The molecule has 0 N–H and O–H groups in total. The van der Waals surface area contributed by atoms with Crippen LogP contribution in [0.15, 0.2) is 53.0 Å². The van der Waals surface area contributed by atoms with E-state index in [-0.39, 0.29) is 17.9 Å². The van der Waals surface area contributed by atoms with E-state index in [0.29, 0.717) is 5.56 Å². The third-order valence-corrected chi connectivity index (χ3v) is 4.65. The molecule has 0 amide bonds. The Morgan fingerprint density at radius 3 is 2.08 bits per heavy atom. The number of halogens is 1. The number of non-ortho nitro benzene ring substituents is 1. The highest BCUT2D eigenvalue weighted by Crippen LogP contribution is 2.38. The van der Waals surface area contributed by atoms with Crippen LogP contribution in [-0.4, -0.2) is 23.8 Å². The van der Waals surface area contributed by atoms with Crippen molar-refractivity contribution in [3.63, 3.8) is 0 Å². The minimum absolute atomic E-state index is 0.0614. The summed E-state index contributed by atoms with van der Waals surface area (Å²) in [6.07, 6.45) is 0.151. The fraction of sp³-hybridized carbons (Fsp3) is 0.263. The number of rotatable bonds is 7. The van der Waals surface area contributed by atoms with Crippen LogP contribution in [0.4, 0.5) is 5.69 Å². The van der Waals surface area contributed by atoms with E-state index in [1.54, 1.807) is 0 Å². The number of nitrogens with zero attached hydrogens (tertiary/aromatic N) is 1. The van der Waals surface area contributed by atoms with Crippen molar-refractivity contribution >= 4 is 33.4 Å². The molecule has 0 aliphatic rings. The maximum absolute atomic E-state index is 12.5. The second-order valence-corrected chi connectivity index (χ2v) is 6.83. The van der Waals surface area contributed by atoms with Gasteiger partial charge in [-0.15, -0.1) is 0 Å². The Kier molecular flexibility index (Phi) is 6.63. The fourth-order valence-electron chi connectivity index (χ4n) is 2.91.